The third-order valence-corrected chi connectivity index (χ3v) is 2.64. The summed E-state index contributed by atoms with van der Waals surface area (Å²) in [5, 5.41) is 6.58. The highest BCUT2D eigenvalue weighted by atomic mass is 32.1. The molecule has 0 unspecified atom stereocenters. The maximum absolute atomic E-state index is 5.22. The summed E-state index contributed by atoms with van der Waals surface area (Å²) in [5.41, 5.74) is 2.23. The first kappa shape index (κ1) is 12.4. The van der Waals surface area contributed by atoms with Crippen molar-refractivity contribution in [1.82, 2.24) is 9.97 Å². The first-order chi connectivity index (χ1) is 8.79. The van der Waals surface area contributed by atoms with Gasteiger partial charge in [-0.1, -0.05) is 25.1 Å². The van der Waals surface area contributed by atoms with E-state index in [1.807, 2.05) is 18.2 Å². The molecule has 2 aromatic rings. The van der Waals surface area contributed by atoms with Gasteiger partial charge in [0.15, 0.2) is 5.11 Å². The predicted octanol–water partition coefficient (Wildman–Crippen LogP) is 2.85. The Morgan fingerprint density at radius 3 is 2.56 bits per heavy atom. The zero-order valence-electron chi connectivity index (χ0n) is 10.1. The van der Waals surface area contributed by atoms with Crippen molar-refractivity contribution >= 4 is 29.0 Å². The number of hydrogen-bond donors (Lipinski definition) is 2. The number of aromatic nitrogens is 2. The van der Waals surface area contributed by atoms with Crippen LogP contribution in [0.5, 0.6) is 0 Å². The molecule has 18 heavy (non-hydrogen) atoms. The largest absolute Gasteiger partial charge is 0.332 e. The molecule has 0 fully saturated rings. The average molecular weight is 258 g/mol. The lowest BCUT2D eigenvalue weighted by atomic mass is 10.1. The first-order valence-corrected chi connectivity index (χ1v) is 6.13. The summed E-state index contributed by atoms with van der Waals surface area (Å²) in [4.78, 5) is 8.11. The molecule has 0 atom stereocenters. The van der Waals surface area contributed by atoms with Crippen LogP contribution in [0.15, 0.2) is 42.7 Å². The van der Waals surface area contributed by atoms with Gasteiger partial charge in [0.2, 0.25) is 5.95 Å². The van der Waals surface area contributed by atoms with Gasteiger partial charge in [0.25, 0.3) is 0 Å². The zero-order chi connectivity index (χ0) is 12.8. The van der Waals surface area contributed by atoms with E-state index in [1.54, 1.807) is 18.5 Å². The second kappa shape index (κ2) is 6.07. The number of nitrogens with zero attached hydrogens (tertiary/aromatic N) is 2. The van der Waals surface area contributed by atoms with E-state index in [1.165, 1.54) is 5.56 Å². The third-order valence-electron chi connectivity index (χ3n) is 2.44. The summed E-state index contributed by atoms with van der Waals surface area (Å²) in [6.45, 7) is 2.11. The van der Waals surface area contributed by atoms with Crippen molar-refractivity contribution in [3.63, 3.8) is 0 Å². The Labute approximate surface area is 111 Å². The molecule has 1 aromatic heterocycles. The van der Waals surface area contributed by atoms with E-state index in [4.69, 9.17) is 12.2 Å². The molecule has 0 bridgehead atoms. The van der Waals surface area contributed by atoms with Gasteiger partial charge >= 0.3 is 0 Å². The Kier molecular flexibility index (Phi) is 4.20. The smallest absolute Gasteiger partial charge is 0.228 e. The van der Waals surface area contributed by atoms with E-state index >= 15 is 0 Å². The van der Waals surface area contributed by atoms with Crippen LogP contribution in [0, 0.1) is 0 Å². The molecule has 0 aliphatic heterocycles. The molecule has 5 heteroatoms. The Balaban J connectivity index is 2.03. The molecule has 0 amide bonds. The van der Waals surface area contributed by atoms with Crippen LogP contribution in [0.3, 0.4) is 0 Å². The van der Waals surface area contributed by atoms with Crippen LogP contribution in [0.2, 0.25) is 0 Å². The maximum Gasteiger partial charge on any atom is 0.228 e. The van der Waals surface area contributed by atoms with Gasteiger partial charge in [0, 0.05) is 18.1 Å². The standard InChI is InChI=1S/C13H14N4S/c1-2-10-6-3-4-7-11(10)16-13(18)17-12-14-8-5-9-15-12/h3-9H,2H2,1H3,(H2,14,15,16,17,18). The van der Waals surface area contributed by atoms with Crippen LogP contribution in [0.25, 0.3) is 0 Å². The second-order valence-electron chi connectivity index (χ2n) is 3.66. The van der Waals surface area contributed by atoms with Crippen LogP contribution < -0.4 is 10.6 Å². The fourth-order valence-corrected chi connectivity index (χ4v) is 1.77. The monoisotopic (exact) mass is 258 g/mol. The van der Waals surface area contributed by atoms with Gasteiger partial charge < -0.3 is 10.6 Å². The van der Waals surface area contributed by atoms with Gasteiger partial charge in [-0.2, -0.15) is 0 Å². The van der Waals surface area contributed by atoms with Crippen LogP contribution in [0.1, 0.15) is 12.5 Å². The van der Waals surface area contributed by atoms with Crippen LogP contribution in [0.4, 0.5) is 11.6 Å². The highest BCUT2D eigenvalue weighted by Crippen LogP contribution is 2.15. The number of aryl methyl sites for hydroxylation is 1. The third kappa shape index (κ3) is 3.24. The summed E-state index contributed by atoms with van der Waals surface area (Å²) in [7, 11) is 0. The lowest BCUT2D eigenvalue weighted by Crippen LogP contribution is -2.21. The van der Waals surface area contributed by atoms with E-state index in [0.29, 0.717) is 11.1 Å². The topological polar surface area (TPSA) is 49.8 Å². The zero-order valence-corrected chi connectivity index (χ0v) is 10.9. The van der Waals surface area contributed by atoms with Crippen molar-refractivity contribution in [3.05, 3.63) is 48.3 Å². The molecule has 1 heterocycles. The highest BCUT2D eigenvalue weighted by Gasteiger charge is 2.03. The summed E-state index contributed by atoms with van der Waals surface area (Å²) in [6.07, 6.45) is 4.28. The summed E-state index contributed by atoms with van der Waals surface area (Å²) in [6, 6.07) is 9.82. The minimum Gasteiger partial charge on any atom is -0.332 e. The van der Waals surface area contributed by atoms with Crippen molar-refractivity contribution in [2.24, 2.45) is 0 Å². The SMILES string of the molecule is CCc1ccccc1NC(=S)Nc1ncccn1. The number of thiocarbonyl (C=S) groups is 1. The minimum absolute atomic E-state index is 0.488. The lowest BCUT2D eigenvalue weighted by molar-refractivity contribution is 1.14. The fourth-order valence-electron chi connectivity index (χ4n) is 1.57. The predicted molar refractivity (Wildman–Crippen MR) is 77.7 cm³/mol. The van der Waals surface area contributed by atoms with E-state index in [-0.39, 0.29) is 0 Å². The molecule has 0 aliphatic carbocycles. The Hall–Kier alpha value is -2.01. The molecular weight excluding hydrogens is 244 g/mol. The number of anilines is 2. The maximum atomic E-state index is 5.22. The van der Waals surface area contributed by atoms with Crippen molar-refractivity contribution in [3.8, 4) is 0 Å². The number of hydrogen-bond acceptors (Lipinski definition) is 3. The number of benzene rings is 1. The van der Waals surface area contributed by atoms with Gasteiger partial charge in [0.05, 0.1) is 0 Å². The van der Waals surface area contributed by atoms with Gasteiger partial charge in [-0.05, 0) is 36.3 Å². The quantitative estimate of drug-likeness (QED) is 0.829. The normalized spacial score (nSPS) is 9.83. The highest BCUT2D eigenvalue weighted by molar-refractivity contribution is 7.80. The summed E-state index contributed by atoms with van der Waals surface area (Å²) >= 11 is 5.22. The van der Waals surface area contributed by atoms with E-state index in [9.17, 15) is 0 Å². The molecule has 0 radical (unpaired) electrons. The summed E-state index contributed by atoms with van der Waals surface area (Å²) in [5.74, 6) is 0.490. The Morgan fingerprint density at radius 2 is 1.83 bits per heavy atom. The Morgan fingerprint density at radius 1 is 1.11 bits per heavy atom. The number of nitrogens with one attached hydrogen (secondary N) is 2. The van der Waals surface area contributed by atoms with Crippen LogP contribution >= 0.6 is 12.2 Å². The van der Waals surface area contributed by atoms with E-state index in [0.717, 1.165) is 12.1 Å². The molecule has 0 spiro atoms. The molecule has 2 rings (SSSR count). The second-order valence-corrected chi connectivity index (χ2v) is 4.07. The van der Waals surface area contributed by atoms with Crippen molar-refractivity contribution in [1.29, 1.82) is 0 Å². The fraction of sp³-hybridized carbons (Fsp3) is 0.154. The minimum atomic E-state index is 0.488. The molecule has 92 valence electrons. The first-order valence-electron chi connectivity index (χ1n) is 5.72. The van der Waals surface area contributed by atoms with Crippen LogP contribution in [-0.2, 0) is 6.42 Å². The number of para-hydroxylation sites is 1. The summed E-state index contributed by atoms with van der Waals surface area (Å²) < 4.78 is 0. The van der Waals surface area contributed by atoms with Crippen molar-refractivity contribution in [2.45, 2.75) is 13.3 Å². The average Bonchev–Trinajstić information content (AvgIpc) is 2.40. The molecule has 0 saturated heterocycles. The van der Waals surface area contributed by atoms with Gasteiger partial charge in [-0.15, -0.1) is 0 Å². The molecular formula is C13H14N4S. The van der Waals surface area contributed by atoms with Crippen molar-refractivity contribution in [2.75, 3.05) is 10.6 Å². The molecule has 0 saturated carbocycles. The van der Waals surface area contributed by atoms with E-state index in [2.05, 4.69) is 33.6 Å². The number of rotatable bonds is 3. The van der Waals surface area contributed by atoms with Crippen LogP contribution in [-0.4, -0.2) is 15.1 Å². The van der Waals surface area contributed by atoms with Gasteiger partial charge in [-0.3, -0.25) is 0 Å². The molecule has 2 N–H and O–H groups in total. The molecule has 0 aliphatic rings. The molecule has 4 nitrogen and oxygen atoms in total. The molecule has 1 aromatic carbocycles. The van der Waals surface area contributed by atoms with Gasteiger partial charge in [-0.25, -0.2) is 9.97 Å². The van der Waals surface area contributed by atoms with Gasteiger partial charge in [0.1, 0.15) is 0 Å². The lowest BCUT2D eigenvalue weighted by Gasteiger charge is -2.12. The Bertz CT molecular complexity index is 528. The van der Waals surface area contributed by atoms with E-state index < -0.39 is 0 Å². The van der Waals surface area contributed by atoms with Crippen molar-refractivity contribution < 1.29 is 0 Å².